The molecule has 0 unspecified atom stereocenters. The first-order valence-electron chi connectivity index (χ1n) is 6.08. The van der Waals surface area contributed by atoms with Crippen LogP contribution in [0.5, 0.6) is 0 Å². The number of carboxylic acid groups (broad SMARTS) is 1. The Kier molecular flexibility index (Phi) is 4.88. The molecule has 1 aliphatic heterocycles. The summed E-state index contributed by atoms with van der Waals surface area (Å²) in [7, 11) is 0. The third-order valence-electron chi connectivity index (χ3n) is 2.81. The van der Waals surface area contributed by atoms with Gasteiger partial charge in [0.15, 0.2) is 0 Å². The van der Waals surface area contributed by atoms with Gasteiger partial charge in [0, 0.05) is 31.1 Å². The number of nitro groups is 1. The molecule has 0 spiro atoms. The van der Waals surface area contributed by atoms with Crippen molar-refractivity contribution in [3.8, 4) is 0 Å². The van der Waals surface area contributed by atoms with Crippen LogP contribution >= 0.6 is 24.0 Å². The van der Waals surface area contributed by atoms with Crippen LogP contribution in [-0.4, -0.2) is 32.6 Å². The van der Waals surface area contributed by atoms with Crippen molar-refractivity contribution in [2.24, 2.45) is 0 Å². The molecule has 7 nitrogen and oxygen atoms in total. The molecule has 1 fully saturated rings. The van der Waals surface area contributed by atoms with Crippen molar-refractivity contribution >= 4 is 51.9 Å². The zero-order valence-corrected chi connectivity index (χ0v) is 12.7. The molecule has 22 heavy (non-hydrogen) atoms. The maximum absolute atomic E-state index is 12.1. The van der Waals surface area contributed by atoms with Gasteiger partial charge in [-0.15, -0.1) is 0 Å². The number of benzene rings is 1. The lowest BCUT2D eigenvalue weighted by atomic mass is 10.2. The fourth-order valence-corrected chi connectivity index (χ4v) is 3.05. The third-order valence-corrected chi connectivity index (χ3v) is 4.19. The summed E-state index contributed by atoms with van der Waals surface area (Å²) < 4.78 is 0.277. The first kappa shape index (κ1) is 16.1. The van der Waals surface area contributed by atoms with Crippen LogP contribution in [0.1, 0.15) is 12.0 Å². The topological polar surface area (TPSA) is 104 Å². The van der Waals surface area contributed by atoms with Gasteiger partial charge in [0.05, 0.1) is 9.83 Å². The van der Waals surface area contributed by atoms with Gasteiger partial charge in [-0.25, -0.2) is 0 Å². The van der Waals surface area contributed by atoms with E-state index in [-0.39, 0.29) is 28.9 Å². The molecule has 1 aliphatic rings. The highest BCUT2D eigenvalue weighted by Crippen LogP contribution is 2.32. The van der Waals surface area contributed by atoms with E-state index in [1.54, 1.807) is 6.08 Å². The second-order valence-corrected chi connectivity index (χ2v) is 5.98. The summed E-state index contributed by atoms with van der Waals surface area (Å²) in [4.78, 5) is 34.2. The Hall–Kier alpha value is -2.26. The minimum absolute atomic E-state index is 0.0371. The number of nitro benzene ring substituents is 1. The van der Waals surface area contributed by atoms with E-state index < -0.39 is 10.9 Å². The van der Waals surface area contributed by atoms with E-state index in [0.717, 1.165) is 11.8 Å². The highest BCUT2D eigenvalue weighted by Gasteiger charge is 2.31. The maximum atomic E-state index is 12.1. The molecule has 1 amide bonds. The van der Waals surface area contributed by atoms with E-state index in [1.165, 1.54) is 29.2 Å². The summed E-state index contributed by atoms with van der Waals surface area (Å²) in [6, 6.07) is 5.71. The minimum Gasteiger partial charge on any atom is -0.550 e. The van der Waals surface area contributed by atoms with E-state index in [4.69, 9.17) is 12.2 Å². The summed E-state index contributed by atoms with van der Waals surface area (Å²) in [5.74, 6) is -1.64. The standard InChI is InChI=1S/C13H10N2O5S2/c16-11(17)5-6-14-12(18)10(22-13(14)21)7-8-1-3-9(4-2-8)15(19)20/h1-4,7H,5-6H2,(H,16,17)/p-1/b10-7+. The Balaban J connectivity index is 2.15. The van der Waals surface area contributed by atoms with Gasteiger partial charge in [-0.05, 0) is 23.8 Å². The number of nitrogens with zero attached hydrogens (tertiary/aromatic N) is 2. The van der Waals surface area contributed by atoms with Crippen LogP contribution in [0.15, 0.2) is 29.2 Å². The SMILES string of the molecule is O=C([O-])CCN1C(=O)/C(=C\c2ccc([N+](=O)[O-])cc2)SC1=S. The summed E-state index contributed by atoms with van der Waals surface area (Å²) in [5, 5.41) is 21.0. The Labute approximate surface area is 134 Å². The number of amides is 1. The number of carbonyl (C=O) groups is 2. The number of thioether (sulfide) groups is 1. The molecule has 0 radical (unpaired) electrons. The van der Waals surface area contributed by atoms with E-state index in [0.29, 0.717) is 10.5 Å². The van der Waals surface area contributed by atoms with Crippen LogP contribution < -0.4 is 5.11 Å². The molecule has 0 saturated carbocycles. The quantitative estimate of drug-likeness (QED) is 0.341. The van der Waals surface area contributed by atoms with Crippen molar-refractivity contribution in [1.29, 1.82) is 0 Å². The molecule has 1 aromatic rings. The molecule has 0 N–H and O–H groups in total. The Morgan fingerprint density at radius 1 is 1.36 bits per heavy atom. The molecule has 0 aliphatic carbocycles. The lowest BCUT2D eigenvalue weighted by Gasteiger charge is -2.14. The third kappa shape index (κ3) is 3.68. The van der Waals surface area contributed by atoms with Gasteiger partial charge in [0.1, 0.15) is 4.32 Å². The molecule has 114 valence electrons. The van der Waals surface area contributed by atoms with Crippen LogP contribution in [0, 0.1) is 10.1 Å². The summed E-state index contributed by atoms with van der Waals surface area (Å²) >= 11 is 6.10. The van der Waals surface area contributed by atoms with Gasteiger partial charge in [-0.2, -0.15) is 0 Å². The first-order chi connectivity index (χ1) is 10.4. The van der Waals surface area contributed by atoms with Gasteiger partial charge in [-0.1, -0.05) is 24.0 Å². The maximum Gasteiger partial charge on any atom is 0.269 e. The normalized spacial score (nSPS) is 16.4. The Morgan fingerprint density at radius 3 is 2.55 bits per heavy atom. The van der Waals surface area contributed by atoms with Crippen molar-refractivity contribution in [2.45, 2.75) is 6.42 Å². The smallest absolute Gasteiger partial charge is 0.269 e. The monoisotopic (exact) mass is 337 g/mol. The van der Waals surface area contributed by atoms with Crippen LogP contribution in [0.2, 0.25) is 0 Å². The van der Waals surface area contributed by atoms with Gasteiger partial charge in [0.2, 0.25) is 0 Å². The summed E-state index contributed by atoms with van der Waals surface area (Å²) in [6.07, 6.45) is 1.26. The lowest BCUT2D eigenvalue weighted by Crippen LogP contribution is -2.33. The second-order valence-electron chi connectivity index (χ2n) is 4.30. The number of non-ortho nitro benzene ring substituents is 1. The first-order valence-corrected chi connectivity index (χ1v) is 7.30. The number of aliphatic carboxylic acids is 1. The van der Waals surface area contributed by atoms with E-state index >= 15 is 0 Å². The predicted octanol–water partition coefficient (Wildman–Crippen LogP) is 0.936. The highest BCUT2D eigenvalue weighted by molar-refractivity contribution is 8.26. The predicted molar refractivity (Wildman–Crippen MR) is 82.6 cm³/mol. The highest BCUT2D eigenvalue weighted by atomic mass is 32.2. The number of thiocarbonyl (C=S) groups is 1. The van der Waals surface area contributed by atoms with Crippen molar-refractivity contribution in [3.05, 3.63) is 44.8 Å². The van der Waals surface area contributed by atoms with Crippen LogP contribution in [0.4, 0.5) is 5.69 Å². The minimum atomic E-state index is -1.26. The van der Waals surface area contributed by atoms with Gasteiger partial charge in [0.25, 0.3) is 11.6 Å². The number of hydrogen-bond donors (Lipinski definition) is 0. The molecular formula is C13H9N2O5S2-. The van der Waals surface area contributed by atoms with Gasteiger partial charge in [-0.3, -0.25) is 19.8 Å². The number of carboxylic acids is 1. The van der Waals surface area contributed by atoms with Gasteiger partial charge >= 0.3 is 0 Å². The van der Waals surface area contributed by atoms with E-state index in [9.17, 15) is 24.8 Å². The van der Waals surface area contributed by atoms with Crippen LogP contribution in [0.25, 0.3) is 6.08 Å². The molecule has 1 saturated heterocycles. The van der Waals surface area contributed by atoms with Crippen molar-refractivity contribution in [3.63, 3.8) is 0 Å². The van der Waals surface area contributed by atoms with E-state index in [1.807, 2.05) is 0 Å². The van der Waals surface area contributed by atoms with Crippen molar-refractivity contribution < 1.29 is 19.6 Å². The zero-order chi connectivity index (χ0) is 16.3. The Morgan fingerprint density at radius 2 is 2.00 bits per heavy atom. The molecule has 1 aromatic carbocycles. The average Bonchev–Trinajstić information content (AvgIpc) is 2.72. The van der Waals surface area contributed by atoms with Crippen molar-refractivity contribution in [2.75, 3.05) is 6.54 Å². The van der Waals surface area contributed by atoms with Crippen molar-refractivity contribution in [1.82, 2.24) is 4.90 Å². The zero-order valence-electron chi connectivity index (χ0n) is 11.1. The van der Waals surface area contributed by atoms with Gasteiger partial charge < -0.3 is 9.90 Å². The molecule has 0 atom stereocenters. The number of rotatable bonds is 5. The fraction of sp³-hybridized carbons (Fsp3) is 0.154. The fourth-order valence-electron chi connectivity index (χ4n) is 1.74. The van der Waals surface area contributed by atoms with E-state index in [2.05, 4.69) is 0 Å². The molecule has 9 heteroatoms. The number of carbonyl (C=O) groups excluding carboxylic acids is 2. The average molecular weight is 337 g/mol. The number of hydrogen-bond acceptors (Lipinski definition) is 7. The second kappa shape index (κ2) is 6.67. The summed E-state index contributed by atoms with van der Waals surface area (Å²) in [5.41, 5.74) is 0.574. The molecule has 0 bridgehead atoms. The molecule has 2 rings (SSSR count). The summed E-state index contributed by atoms with van der Waals surface area (Å²) in [6.45, 7) is -0.0371. The molecule has 1 heterocycles. The van der Waals surface area contributed by atoms with Crippen LogP contribution in [-0.2, 0) is 9.59 Å². The molecular weight excluding hydrogens is 328 g/mol. The molecule has 0 aromatic heterocycles. The van der Waals surface area contributed by atoms with Crippen LogP contribution in [0.3, 0.4) is 0 Å². The lowest BCUT2D eigenvalue weighted by molar-refractivity contribution is -0.384. The largest absolute Gasteiger partial charge is 0.550 e. The Bertz CT molecular complexity index is 684.